The first kappa shape index (κ1) is 19.2. The highest BCUT2D eigenvalue weighted by atomic mass is 35.5. The van der Waals surface area contributed by atoms with Crippen LogP contribution in [0.3, 0.4) is 0 Å². The molecule has 1 amide bonds. The number of carbonyl (C=O) groups excluding carboxylic acids is 1. The van der Waals surface area contributed by atoms with Crippen LogP contribution in [0.5, 0.6) is 11.5 Å². The van der Waals surface area contributed by atoms with Crippen LogP contribution in [0.1, 0.15) is 24.8 Å². The number of fused-ring (bicyclic) bond motifs is 2. The van der Waals surface area contributed by atoms with Crippen molar-refractivity contribution in [3.05, 3.63) is 53.2 Å². The number of ether oxygens (including phenoxy) is 2. The summed E-state index contributed by atoms with van der Waals surface area (Å²) in [5, 5.41) is 1.62. The van der Waals surface area contributed by atoms with Crippen molar-refractivity contribution < 1.29 is 14.3 Å². The summed E-state index contributed by atoms with van der Waals surface area (Å²) >= 11 is 6.47. The highest BCUT2D eigenvalue weighted by molar-refractivity contribution is 6.31. The summed E-state index contributed by atoms with van der Waals surface area (Å²) in [5.41, 5.74) is 3.68. The minimum atomic E-state index is -0.483. The molecule has 2 aromatic carbocycles. The number of rotatable bonds is 3. The van der Waals surface area contributed by atoms with Gasteiger partial charge in [0.2, 0.25) is 0 Å². The summed E-state index contributed by atoms with van der Waals surface area (Å²) in [5.74, 6) is 1.59. The topological polar surface area (TPSA) is 51.7 Å². The minimum absolute atomic E-state index is 0.0808. The third kappa shape index (κ3) is 3.37. The number of methoxy groups -OCH3 is 1. The molecule has 2 aliphatic heterocycles. The van der Waals surface area contributed by atoms with Gasteiger partial charge in [0.05, 0.1) is 12.6 Å². The van der Waals surface area contributed by atoms with Crippen LogP contribution in [0, 0.1) is 0 Å². The standard InChI is InChI=1S/C24H23ClN2O3/c1-29-17-5-6-19-18(7-8-26-21(19)14-17)20-13-16(25)11-15-12-22(30-23(15)20)24(28)27-9-3-2-4-10-27/h5-8,11,13-14,22H,2-4,9-10,12H2,1H3. The molecule has 1 aromatic heterocycles. The SMILES string of the molecule is COc1ccc2c(-c3cc(Cl)cc4c3OC(C(=O)N3CCCCC3)C4)ccnc2c1. The van der Waals surface area contributed by atoms with Crippen LogP contribution in [0.25, 0.3) is 22.0 Å². The molecule has 0 saturated carbocycles. The van der Waals surface area contributed by atoms with Crippen LogP contribution in [0.15, 0.2) is 42.6 Å². The molecule has 3 aromatic rings. The van der Waals surface area contributed by atoms with Crippen molar-refractivity contribution in [2.24, 2.45) is 0 Å². The molecule has 0 radical (unpaired) electrons. The maximum atomic E-state index is 13.0. The van der Waals surface area contributed by atoms with E-state index in [0.717, 1.165) is 65.0 Å². The molecular weight excluding hydrogens is 400 g/mol. The van der Waals surface area contributed by atoms with Gasteiger partial charge < -0.3 is 14.4 Å². The first-order chi connectivity index (χ1) is 14.6. The zero-order valence-electron chi connectivity index (χ0n) is 16.9. The lowest BCUT2D eigenvalue weighted by Gasteiger charge is -2.28. The average Bonchev–Trinajstić information content (AvgIpc) is 3.21. The molecule has 3 heterocycles. The lowest BCUT2D eigenvalue weighted by Crippen LogP contribution is -2.43. The van der Waals surface area contributed by atoms with Gasteiger partial charge in [0, 0.05) is 53.3 Å². The number of aromatic nitrogens is 1. The molecule has 1 saturated heterocycles. The molecule has 0 aliphatic carbocycles. The Labute approximate surface area is 180 Å². The zero-order chi connectivity index (χ0) is 20.7. The third-order valence-electron chi connectivity index (χ3n) is 5.98. The third-order valence-corrected chi connectivity index (χ3v) is 6.20. The second-order valence-corrected chi connectivity index (χ2v) is 8.32. The summed E-state index contributed by atoms with van der Waals surface area (Å²) in [6.07, 6.45) is 5.16. The van der Waals surface area contributed by atoms with E-state index in [1.165, 1.54) is 6.42 Å². The van der Waals surface area contributed by atoms with Gasteiger partial charge in [-0.15, -0.1) is 0 Å². The summed E-state index contributed by atoms with van der Waals surface area (Å²) in [7, 11) is 1.64. The number of pyridine rings is 1. The summed E-state index contributed by atoms with van der Waals surface area (Å²) < 4.78 is 11.6. The Morgan fingerprint density at radius 3 is 2.77 bits per heavy atom. The fourth-order valence-corrected chi connectivity index (χ4v) is 4.71. The van der Waals surface area contributed by atoms with E-state index in [4.69, 9.17) is 21.1 Å². The lowest BCUT2D eigenvalue weighted by molar-refractivity contribution is -0.138. The zero-order valence-corrected chi connectivity index (χ0v) is 17.6. The number of carbonyl (C=O) groups is 1. The van der Waals surface area contributed by atoms with Gasteiger partial charge >= 0.3 is 0 Å². The highest BCUT2D eigenvalue weighted by Gasteiger charge is 2.35. The highest BCUT2D eigenvalue weighted by Crippen LogP contribution is 2.43. The van der Waals surface area contributed by atoms with Gasteiger partial charge in [-0.25, -0.2) is 0 Å². The first-order valence-corrected chi connectivity index (χ1v) is 10.7. The van der Waals surface area contributed by atoms with E-state index in [1.807, 2.05) is 41.3 Å². The lowest BCUT2D eigenvalue weighted by atomic mass is 9.97. The van der Waals surface area contributed by atoms with Gasteiger partial charge in [0.15, 0.2) is 6.10 Å². The van der Waals surface area contributed by atoms with Crippen molar-refractivity contribution in [1.82, 2.24) is 9.88 Å². The second-order valence-electron chi connectivity index (χ2n) is 7.88. The van der Waals surface area contributed by atoms with Gasteiger partial charge in [0.25, 0.3) is 5.91 Å². The Kier molecular flexibility index (Phi) is 4.99. The molecule has 5 nitrogen and oxygen atoms in total. The summed E-state index contributed by atoms with van der Waals surface area (Å²) in [6.45, 7) is 1.64. The smallest absolute Gasteiger partial charge is 0.263 e. The summed E-state index contributed by atoms with van der Waals surface area (Å²) in [4.78, 5) is 19.5. The second kappa shape index (κ2) is 7.80. The Morgan fingerprint density at radius 1 is 1.13 bits per heavy atom. The van der Waals surface area contributed by atoms with Crippen molar-refractivity contribution in [2.45, 2.75) is 31.8 Å². The first-order valence-electron chi connectivity index (χ1n) is 10.3. The quantitative estimate of drug-likeness (QED) is 0.603. The van der Waals surface area contributed by atoms with Crippen LogP contribution >= 0.6 is 11.6 Å². The van der Waals surface area contributed by atoms with Gasteiger partial charge in [-0.2, -0.15) is 0 Å². The average molecular weight is 423 g/mol. The molecule has 1 unspecified atom stereocenters. The number of nitrogens with zero attached hydrogens (tertiary/aromatic N) is 2. The minimum Gasteiger partial charge on any atom is -0.497 e. The largest absolute Gasteiger partial charge is 0.497 e. The molecule has 5 rings (SSSR count). The van der Waals surface area contributed by atoms with Crippen LogP contribution in [-0.2, 0) is 11.2 Å². The number of hydrogen-bond acceptors (Lipinski definition) is 4. The van der Waals surface area contributed by atoms with Crippen molar-refractivity contribution in [1.29, 1.82) is 0 Å². The van der Waals surface area contributed by atoms with E-state index in [2.05, 4.69) is 4.98 Å². The summed E-state index contributed by atoms with van der Waals surface area (Å²) in [6, 6.07) is 11.6. The Morgan fingerprint density at radius 2 is 1.97 bits per heavy atom. The van der Waals surface area contributed by atoms with Gasteiger partial charge in [-0.3, -0.25) is 9.78 Å². The number of amides is 1. The molecule has 30 heavy (non-hydrogen) atoms. The number of benzene rings is 2. The van der Waals surface area contributed by atoms with Gasteiger partial charge in [0.1, 0.15) is 11.5 Å². The van der Waals surface area contributed by atoms with Crippen LogP contribution in [0.4, 0.5) is 0 Å². The fourth-order valence-electron chi connectivity index (χ4n) is 4.47. The molecular formula is C24H23ClN2O3. The Hall–Kier alpha value is -2.79. The van der Waals surface area contributed by atoms with E-state index in [-0.39, 0.29) is 5.91 Å². The number of hydrogen-bond donors (Lipinski definition) is 0. The number of piperidine rings is 1. The van der Waals surface area contributed by atoms with E-state index in [0.29, 0.717) is 11.4 Å². The molecule has 0 spiro atoms. The van der Waals surface area contributed by atoms with Crippen molar-refractivity contribution in [2.75, 3.05) is 20.2 Å². The monoisotopic (exact) mass is 422 g/mol. The Balaban J connectivity index is 1.54. The van der Waals surface area contributed by atoms with Crippen LogP contribution < -0.4 is 9.47 Å². The molecule has 0 N–H and O–H groups in total. The molecule has 1 fully saturated rings. The van der Waals surface area contributed by atoms with E-state index < -0.39 is 6.10 Å². The molecule has 0 bridgehead atoms. The molecule has 6 heteroatoms. The molecule has 1 atom stereocenters. The maximum absolute atomic E-state index is 13.0. The van der Waals surface area contributed by atoms with Crippen LogP contribution in [0.2, 0.25) is 5.02 Å². The number of halogens is 1. The van der Waals surface area contributed by atoms with Gasteiger partial charge in [-0.1, -0.05) is 11.6 Å². The fraction of sp³-hybridized carbons (Fsp3) is 0.333. The van der Waals surface area contributed by atoms with E-state index >= 15 is 0 Å². The van der Waals surface area contributed by atoms with E-state index in [1.54, 1.807) is 13.3 Å². The van der Waals surface area contributed by atoms with Crippen molar-refractivity contribution in [3.8, 4) is 22.6 Å². The van der Waals surface area contributed by atoms with Gasteiger partial charge in [-0.05, 0) is 55.2 Å². The van der Waals surface area contributed by atoms with Crippen LogP contribution in [-0.4, -0.2) is 42.1 Å². The predicted molar refractivity (Wildman–Crippen MR) is 117 cm³/mol. The normalized spacial score (nSPS) is 18.2. The van der Waals surface area contributed by atoms with Crippen molar-refractivity contribution in [3.63, 3.8) is 0 Å². The van der Waals surface area contributed by atoms with E-state index in [9.17, 15) is 4.79 Å². The molecule has 2 aliphatic rings. The maximum Gasteiger partial charge on any atom is 0.263 e. The predicted octanol–water partition coefficient (Wildman–Crippen LogP) is 4.88. The molecule has 154 valence electrons. The van der Waals surface area contributed by atoms with Crippen molar-refractivity contribution >= 4 is 28.4 Å². The Bertz CT molecular complexity index is 1120. The number of likely N-dealkylation sites (tertiary alicyclic amines) is 1.